The number of amides is 1. The zero-order valence-corrected chi connectivity index (χ0v) is 10.2. The number of ether oxygens (including phenoxy) is 1. The molecule has 0 saturated heterocycles. The first-order chi connectivity index (χ1) is 8.29. The minimum absolute atomic E-state index is 0.0209. The predicted octanol–water partition coefficient (Wildman–Crippen LogP) is 2.76. The molecule has 92 valence electrons. The van der Waals surface area contributed by atoms with Crippen LogP contribution >= 0.6 is 0 Å². The van der Waals surface area contributed by atoms with Gasteiger partial charge in [0.1, 0.15) is 5.75 Å². The van der Waals surface area contributed by atoms with Crippen LogP contribution in [0.15, 0.2) is 24.3 Å². The van der Waals surface area contributed by atoms with Gasteiger partial charge < -0.3 is 10.1 Å². The van der Waals surface area contributed by atoms with Crippen LogP contribution in [0.5, 0.6) is 5.75 Å². The molecule has 0 radical (unpaired) electrons. The molecule has 0 bridgehead atoms. The molecule has 0 unspecified atom stereocenters. The molecule has 0 spiro atoms. The van der Waals surface area contributed by atoms with E-state index in [2.05, 4.69) is 12.2 Å². The van der Waals surface area contributed by atoms with E-state index in [4.69, 9.17) is 4.74 Å². The molecular weight excluding hydrogens is 214 g/mol. The number of carbonyl (C=O) groups excluding carboxylic acids is 1. The molecule has 17 heavy (non-hydrogen) atoms. The van der Waals surface area contributed by atoms with Gasteiger partial charge in [0.25, 0.3) is 5.91 Å². The van der Waals surface area contributed by atoms with Gasteiger partial charge in [0.2, 0.25) is 0 Å². The number of hydrogen-bond donors (Lipinski definition) is 1. The molecular formula is C14H19NO2. The lowest BCUT2D eigenvalue weighted by molar-refractivity contribution is 0.0951. The zero-order chi connectivity index (χ0) is 12.1. The van der Waals surface area contributed by atoms with Crippen LogP contribution in [0, 0.1) is 0 Å². The topological polar surface area (TPSA) is 38.3 Å². The molecule has 1 aliphatic carbocycles. The molecule has 0 aromatic heterocycles. The van der Waals surface area contributed by atoms with Gasteiger partial charge in [-0.3, -0.25) is 4.79 Å². The number of carbonyl (C=O) groups is 1. The maximum Gasteiger partial charge on any atom is 0.251 e. The Hall–Kier alpha value is -1.51. The van der Waals surface area contributed by atoms with E-state index in [0.717, 1.165) is 38.0 Å². The Balaban J connectivity index is 1.85. The average Bonchev–Trinajstić information content (AvgIpc) is 3.14. The molecule has 1 aromatic rings. The van der Waals surface area contributed by atoms with Crippen LogP contribution in [0.25, 0.3) is 0 Å². The summed E-state index contributed by atoms with van der Waals surface area (Å²) < 4.78 is 5.54. The molecule has 1 amide bonds. The van der Waals surface area contributed by atoms with Crippen LogP contribution in [0.2, 0.25) is 0 Å². The van der Waals surface area contributed by atoms with Crippen LogP contribution < -0.4 is 10.1 Å². The van der Waals surface area contributed by atoms with Gasteiger partial charge in [0.05, 0.1) is 6.61 Å². The fourth-order valence-electron chi connectivity index (χ4n) is 1.53. The van der Waals surface area contributed by atoms with Crippen molar-refractivity contribution in [3.05, 3.63) is 29.8 Å². The van der Waals surface area contributed by atoms with Gasteiger partial charge in [-0.15, -0.1) is 0 Å². The lowest BCUT2D eigenvalue weighted by atomic mass is 10.2. The van der Waals surface area contributed by atoms with E-state index in [9.17, 15) is 4.79 Å². The molecule has 1 N–H and O–H groups in total. The van der Waals surface area contributed by atoms with Gasteiger partial charge in [0.15, 0.2) is 0 Å². The molecule has 1 fully saturated rings. The smallest absolute Gasteiger partial charge is 0.251 e. The second-order valence-corrected chi connectivity index (χ2v) is 4.47. The number of hydrogen-bond acceptors (Lipinski definition) is 2. The fraction of sp³-hybridized carbons (Fsp3) is 0.500. The lowest BCUT2D eigenvalue weighted by Crippen LogP contribution is -2.25. The first-order valence-corrected chi connectivity index (χ1v) is 6.33. The van der Waals surface area contributed by atoms with E-state index in [0.29, 0.717) is 11.6 Å². The molecule has 1 aromatic carbocycles. The fourth-order valence-corrected chi connectivity index (χ4v) is 1.53. The van der Waals surface area contributed by atoms with Crippen molar-refractivity contribution in [1.82, 2.24) is 5.32 Å². The Kier molecular flexibility index (Phi) is 4.02. The molecule has 0 atom stereocenters. The van der Waals surface area contributed by atoms with Gasteiger partial charge in [0, 0.05) is 11.6 Å². The van der Waals surface area contributed by atoms with Crippen LogP contribution in [0.3, 0.4) is 0 Å². The average molecular weight is 233 g/mol. The number of unbranched alkanes of at least 4 members (excludes halogenated alkanes) is 1. The summed E-state index contributed by atoms with van der Waals surface area (Å²) in [5.74, 6) is 0.856. The Morgan fingerprint density at radius 3 is 2.65 bits per heavy atom. The SMILES string of the molecule is CCCCOc1ccc(C(=O)NC2CC2)cc1. The van der Waals surface area contributed by atoms with Gasteiger partial charge in [-0.25, -0.2) is 0 Å². The summed E-state index contributed by atoms with van der Waals surface area (Å²) in [7, 11) is 0. The predicted molar refractivity (Wildman–Crippen MR) is 67.3 cm³/mol. The van der Waals surface area contributed by atoms with Crippen molar-refractivity contribution in [2.75, 3.05) is 6.61 Å². The van der Waals surface area contributed by atoms with Crippen molar-refractivity contribution < 1.29 is 9.53 Å². The van der Waals surface area contributed by atoms with E-state index >= 15 is 0 Å². The molecule has 1 saturated carbocycles. The van der Waals surface area contributed by atoms with Crippen molar-refractivity contribution >= 4 is 5.91 Å². The second-order valence-electron chi connectivity index (χ2n) is 4.47. The summed E-state index contributed by atoms with van der Waals surface area (Å²) in [4.78, 5) is 11.7. The third-order valence-corrected chi connectivity index (χ3v) is 2.80. The lowest BCUT2D eigenvalue weighted by Gasteiger charge is -2.06. The monoisotopic (exact) mass is 233 g/mol. The van der Waals surface area contributed by atoms with Crippen molar-refractivity contribution in [3.8, 4) is 5.75 Å². The number of benzene rings is 1. The highest BCUT2D eigenvalue weighted by Crippen LogP contribution is 2.20. The summed E-state index contributed by atoms with van der Waals surface area (Å²) in [5.41, 5.74) is 0.708. The maximum absolute atomic E-state index is 11.7. The minimum Gasteiger partial charge on any atom is -0.494 e. The highest BCUT2D eigenvalue weighted by atomic mass is 16.5. The van der Waals surface area contributed by atoms with Crippen molar-refractivity contribution in [2.45, 2.75) is 38.6 Å². The third-order valence-electron chi connectivity index (χ3n) is 2.80. The van der Waals surface area contributed by atoms with E-state index in [1.807, 2.05) is 24.3 Å². The van der Waals surface area contributed by atoms with Crippen LogP contribution in [-0.2, 0) is 0 Å². The summed E-state index contributed by atoms with van der Waals surface area (Å²) in [6, 6.07) is 7.76. The Labute approximate surface area is 102 Å². The molecule has 3 nitrogen and oxygen atoms in total. The van der Waals surface area contributed by atoms with Gasteiger partial charge in [-0.1, -0.05) is 13.3 Å². The van der Waals surface area contributed by atoms with Crippen LogP contribution in [0.1, 0.15) is 43.0 Å². The highest BCUT2D eigenvalue weighted by molar-refractivity contribution is 5.94. The number of nitrogens with one attached hydrogen (secondary N) is 1. The Morgan fingerprint density at radius 2 is 2.06 bits per heavy atom. The first kappa shape index (κ1) is 12.0. The van der Waals surface area contributed by atoms with Gasteiger partial charge in [-0.05, 0) is 43.5 Å². The quantitative estimate of drug-likeness (QED) is 0.767. The largest absolute Gasteiger partial charge is 0.494 e. The molecule has 0 aliphatic heterocycles. The third kappa shape index (κ3) is 3.77. The van der Waals surface area contributed by atoms with Crippen molar-refractivity contribution in [3.63, 3.8) is 0 Å². The summed E-state index contributed by atoms with van der Waals surface area (Å²) in [6.07, 6.45) is 4.42. The maximum atomic E-state index is 11.7. The van der Waals surface area contributed by atoms with Crippen molar-refractivity contribution in [1.29, 1.82) is 0 Å². The first-order valence-electron chi connectivity index (χ1n) is 6.33. The Morgan fingerprint density at radius 1 is 1.35 bits per heavy atom. The van der Waals surface area contributed by atoms with E-state index < -0.39 is 0 Å². The van der Waals surface area contributed by atoms with Gasteiger partial charge >= 0.3 is 0 Å². The van der Waals surface area contributed by atoms with E-state index in [1.165, 1.54) is 0 Å². The number of rotatable bonds is 6. The zero-order valence-electron chi connectivity index (χ0n) is 10.2. The molecule has 3 heteroatoms. The minimum atomic E-state index is 0.0209. The highest BCUT2D eigenvalue weighted by Gasteiger charge is 2.23. The van der Waals surface area contributed by atoms with Gasteiger partial charge in [-0.2, -0.15) is 0 Å². The molecule has 2 rings (SSSR count). The molecule has 0 heterocycles. The van der Waals surface area contributed by atoms with Crippen LogP contribution in [0.4, 0.5) is 0 Å². The van der Waals surface area contributed by atoms with Crippen LogP contribution in [-0.4, -0.2) is 18.6 Å². The second kappa shape index (κ2) is 5.71. The normalized spacial score (nSPS) is 14.4. The van der Waals surface area contributed by atoms with E-state index in [-0.39, 0.29) is 5.91 Å². The summed E-state index contributed by atoms with van der Waals surface area (Å²) in [6.45, 7) is 2.87. The van der Waals surface area contributed by atoms with Crippen molar-refractivity contribution in [2.24, 2.45) is 0 Å². The standard InChI is InChI=1S/C14H19NO2/c1-2-3-10-17-13-8-4-11(5-9-13)14(16)15-12-6-7-12/h4-5,8-9,12H,2-3,6-7,10H2,1H3,(H,15,16). The Bertz CT molecular complexity index is 368. The summed E-state index contributed by atoms with van der Waals surface area (Å²) in [5, 5.41) is 2.96. The molecule has 1 aliphatic rings. The van der Waals surface area contributed by atoms with E-state index in [1.54, 1.807) is 0 Å². The summed E-state index contributed by atoms with van der Waals surface area (Å²) >= 11 is 0.